The van der Waals surface area contributed by atoms with Gasteiger partial charge in [0.1, 0.15) is 16.5 Å². The quantitative estimate of drug-likeness (QED) is 0.285. The first-order chi connectivity index (χ1) is 18.3. The van der Waals surface area contributed by atoms with Crippen LogP contribution in [0.15, 0.2) is 84.0 Å². The van der Waals surface area contributed by atoms with Crippen molar-refractivity contribution in [2.45, 2.75) is 4.90 Å². The van der Waals surface area contributed by atoms with E-state index in [1.54, 1.807) is 18.2 Å². The van der Waals surface area contributed by atoms with E-state index in [1.807, 2.05) is 24.3 Å². The summed E-state index contributed by atoms with van der Waals surface area (Å²) >= 11 is 0. The number of hydrogen-bond donors (Lipinski definition) is 3. The summed E-state index contributed by atoms with van der Waals surface area (Å²) in [5.74, 6) is -1.83. The van der Waals surface area contributed by atoms with Crippen molar-refractivity contribution in [2.24, 2.45) is 0 Å². The highest BCUT2D eigenvalue weighted by Gasteiger charge is 2.18. The Balaban J connectivity index is 1.36. The van der Waals surface area contributed by atoms with Crippen molar-refractivity contribution in [1.82, 2.24) is 4.98 Å². The number of nitrogens with one attached hydrogen (secondary N) is 2. The second-order valence-electron chi connectivity index (χ2n) is 8.71. The summed E-state index contributed by atoms with van der Waals surface area (Å²) in [7, 11) is -4.19. The van der Waals surface area contributed by atoms with Gasteiger partial charge in [-0.3, -0.25) is 9.71 Å². The average Bonchev–Trinajstić information content (AvgIpc) is 2.92. The molecule has 5 rings (SSSR count). The molecule has 0 amide bonds. The van der Waals surface area contributed by atoms with E-state index in [-0.39, 0.29) is 10.6 Å². The van der Waals surface area contributed by atoms with Crippen molar-refractivity contribution in [3.63, 3.8) is 0 Å². The number of pyridine rings is 1. The molecule has 1 fully saturated rings. The number of nitrogens with two attached hydrogens (primary N) is 1. The Morgan fingerprint density at radius 1 is 0.868 bits per heavy atom. The molecular formula is C27H25F2N5O3S. The van der Waals surface area contributed by atoms with Crippen LogP contribution in [0.25, 0.3) is 11.1 Å². The molecular weight excluding hydrogens is 512 g/mol. The molecule has 0 spiro atoms. The average molecular weight is 538 g/mol. The molecule has 1 aliphatic rings. The first-order valence-corrected chi connectivity index (χ1v) is 13.3. The zero-order valence-corrected chi connectivity index (χ0v) is 21.0. The summed E-state index contributed by atoms with van der Waals surface area (Å²) in [5, 5.41) is 3.31. The summed E-state index contributed by atoms with van der Waals surface area (Å²) in [6, 6.07) is 17.3. The standard InChI is InChI=1S/C27H25F2N5O3S/c28-20-2-8-26(24(29)15-20)33-38(35,36)23-13-19(16-31-17-23)18-1-7-25(30)27(14-18)32-21-3-5-22(6-4-21)34-9-11-37-12-10-34/h1-8,13-17,32-33H,9-12,30H2. The van der Waals surface area contributed by atoms with Gasteiger partial charge in [0.05, 0.1) is 30.3 Å². The predicted molar refractivity (Wildman–Crippen MR) is 144 cm³/mol. The summed E-state index contributed by atoms with van der Waals surface area (Å²) in [4.78, 5) is 6.14. The Kier molecular flexibility index (Phi) is 7.12. The van der Waals surface area contributed by atoms with Crippen LogP contribution < -0.4 is 20.7 Å². The van der Waals surface area contributed by atoms with Crippen LogP contribution >= 0.6 is 0 Å². The first-order valence-electron chi connectivity index (χ1n) is 11.8. The smallest absolute Gasteiger partial charge is 0.263 e. The summed E-state index contributed by atoms with van der Waals surface area (Å²) in [6.07, 6.45) is 2.67. The number of anilines is 5. The Bertz CT molecular complexity index is 1560. The van der Waals surface area contributed by atoms with Crippen LogP contribution in [0.1, 0.15) is 0 Å². The van der Waals surface area contributed by atoms with E-state index >= 15 is 0 Å². The number of ether oxygens (including phenoxy) is 1. The number of sulfonamides is 1. The number of halogens is 2. The lowest BCUT2D eigenvalue weighted by Gasteiger charge is -2.29. The lowest BCUT2D eigenvalue weighted by atomic mass is 10.1. The van der Waals surface area contributed by atoms with Gasteiger partial charge in [0.25, 0.3) is 10.0 Å². The van der Waals surface area contributed by atoms with Crippen LogP contribution in [0.3, 0.4) is 0 Å². The Labute approximate surface area is 219 Å². The van der Waals surface area contributed by atoms with Crippen molar-refractivity contribution in [2.75, 3.05) is 47.0 Å². The van der Waals surface area contributed by atoms with Gasteiger partial charge in [0.2, 0.25) is 0 Å². The fraction of sp³-hybridized carbons (Fsp3) is 0.148. The van der Waals surface area contributed by atoms with Crippen LogP contribution in [0.2, 0.25) is 0 Å². The monoisotopic (exact) mass is 537 g/mol. The van der Waals surface area contributed by atoms with Gasteiger partial charge in [0.15, 0.2) is 0 Å². The van der Waals surface area contributed by atoms with E-state index in [0.29, 0.717) is 41.8 Å². The molecule has 0 radical (unpaired) electrons. The molecule has 38 heavy (non-hydrogen) atoms. The minimum atomic E-state index is -4.19. The van der Waals surface area contributed by atoms with Crippen LogP contribution in [0, 0.1) is 11.6 Å². The lowest BCUT2D eigenvalue weighted by Crippen LogP contribution is -2.36. The Morgan fingerprint density at radius 3 is 2.37 bits per heavy atom. The molecule has 0 atom stereocenters. The Morgan fingerprint density at radius 2 is 1.63 bits per heavy atom. The van der Waals surface area contributed by atoms with E-state index < -0.39 is 21.7 Å². The van der Waals surface area contributed by atoms with Crippen LogP contribution in [0.4, 0.5) is 37.2 Å². The number of nitrogens with zero attached hydrogens (tertiary/aromatic N) is 2. The number of benzene rings is 3. The van der Waals surface area contributed by atoms with Gasteiger partial charge in [-0.15, -0.1) is 0 Å². The molecule has 11 heteroatoms. The van der Waals surface area contributed by atoms with E-state index in [0.717, 1.165) is 42.8 Å². The SMILES string of the molecule is Nc1ccc(-c2cncc(S(=O)(=O)Nc3ccc(F)cc3F)c2)cc1Nc1ccc(N2CCOCC2)cc1. The molecule has 1 aliphatic heterocycles. The highest BCUT2D eigenvalue weighted by Crippen LogP contribution is 2.31. The van der Waals surface area contributed by atoms with Crippen LogP contribution in [0.5, 0.6) is 0 Å². The fourth-order valence-electron chi connectivity index (χ4n) is 4.08. The van der Waals surface area contributed by atoms with Gasteiger partial charge < -0.3 is 20.7 Å². The number of aromatic nitrogens is 1. The van der Waals surface area contributed by atoms with Gasteiger partial charge in [0, 0.05) is 48.5 Å². The summed E-state index contributed by atoms with van der Waals surface area (Å²) in [5.41, 5.74) is 10.1. The first kappa shape index (κ1) is 25.4. The van der Waals surface area contributed by atoms with E-state index in [2.05, 4.69) is 19.9 Å². The lowest BCUT2D eigenvalue weighted by molar-refractivity contribution is 0.122. The molecule has 0 bridgehead atoms. The van der Waals surface area contributed by atoms with E-state index in [1.165, 1.54) is 12.3 Å². The Hall–Kier alpha value is -4.22. The largest absolute Gasteiger partial charge is 0.397 e. The molecule has 4 N–H and O–H groups in total. The molecule has 3 aromatic carbocycles. The molecule has 1 saturated heterocycles. The van der Waals surface area contributed by atoms with Crippen molar-refractivity contribution in [3.05, 3.63) is 90.8 Å². The maximum Gasteiger partial charge on any atom is 0.263 e. The third-order valence-electron chi connectivity index (χ3n) is 6.11. The van der Waals surface area contributed by atoms with Crippen molar-refractivity contribution in [3.8, 4) is 11.1 Å². The molecule has 1 aromatic heterocycles. The normalized spacial score (nSPS) is 13.8. The van der Waals surface area contributed by atoms with E-state index in [4.69, 9.17) is 10.5 Å². The van der Waals surface area contributed by atoms with Crippen LogP contribution in [-0.4, -0.2) is 39.7 Å². The van der Waals surface area contributed by atoms with E-state index in [9.17, 15) is 17.2 Å². The van der Waals surface area contributed by atoms with Crippen molar-refractivity contribution in [1.29, 1.82) is 0 Å². The maximum absolute atomic E-state index is 14.0. The molecule has 0 unspecified atom stereocenters. The molecule has 0 saturated carbocycles. The predicted octanol–water partition coefficient (Wildman–Crippen LogP) is 4.99. The topological polar surface area (TPSA) is 110 Å². The zero-order chi connectivity index (χ0) is 26.7. The highest BCUT2D eigenvalue weighted by molar-refractivity contribution is 7.92. The zero-order valence-electron chi connectivity index (χ0n) is 20.2. The van der Waals surface area contributed by atoms with Crippen LogP contribution in [-0.2, 0) is 14.8 Å². The molecule has 196 valence electrons. The third-order valence-corrected chi connectivity index (χ3v) is 7.44. The van der Waals surface area contributed by atoms with Gasteiger partial charge in [-0.25, -0.2) is 17.2 Å². The molecule has 0 aliphatic carbocycles. The minimum absolute atomic E-state index is 0.177. The minimum Gasteiger partial charge on any atom is -0.397 e. The molecule has 4 aromatic rings. The fourth-order valence-corrected chi connectivity index (χ4v) is 5.13. The van der Waals surface area contributed by atoms with Gasteiger partial charge in [-0.05, 0) is 60.2 Å². The highest BCUT2D eigenvalue weighted by atomic mass is 32.2. The second-order valence-corrected chi connectivity index (χ2v) is 10.4. The number of rotatable bonds is 7. The number of morpholine rings is 1. The maximum atomic E-state index is 14.0. The number of nitrogen functional groups attached to an aromatic ring is 1. The number of hydrogen-bond acceptors (Lipinski definition) is 7. The van der Waals surface area contributed by atoms with Gasteiger partial charge in [-0.2, -0.15) is 0 Å². The summed E-state index contributed by atoms with van der Waals surface area (Å²) < 4.78 is 60.5. The molecule has 8 nitrogen and oxygen atoms in total. The van der Waals surface area contributed by atoms with Crippen molar-refractivity contribution < 1.29 is 21.9 Å². The van der Waals surface area contributed by atoms with Gasteiger partial charge >= 0.3 is 0 Å². The molecule has 2 heterocycles. The summed E-state index contributed by atoms with van der Waals surface area (Å²) in [6.45, 7) is 3.11. The van der Waals surface area contributed by atoms with Crippen molar-refractivity contribution >= 4 is 38.5 Å². The second kappa shape index (κ2) is 10.6. The third kappa shape index (κ3) is 5.68. The van der Waals surface area contributed by atoms with Gasteiger partial charge in [-0.1, -0.05) is 6.07 Å².